The van der Waals surface area contributed by atoms with Crippen molar-refractivity contribution in [1.29, 1.82) is 0 Å². The zero-order valence-corrected chi connectivity index (χ0v) is 18.4. The van der Waals surface area contributed by atoms with Crippen LogP contribution < -0.4 is 5.32 Å². The van der Waals surface area contributed by atoms with Gasteiger partial charge in [-0.1, -0.05) is 29.5 Å². The van der Waals surface area contributed by atoms with Crippen LogP contribution in [0.2, 0.25) is 0 Å². The lowest BCUT2D eigenvalue weighted by molar-refractivity contribution is 0.102. The van der Waals surface area contributed by atoms with Crippen LogP contribution in [0.3, 0.4) is 0 Å². The number of nitrogens with one attached hydrogen (secondary N) is 1. The third kappa shape index (κ3) is 4.65. The Morgan fingerprint density at radius 2 is 1.90 bits per heavy atom. The van der Waals surface area contributed by atoms with Crippen LogP contribution in [0.4, 0.5) is 10.1 Å². The van der Waals surface area contributed by atoms with Crippen molar-refractivity contribution in [1.82, 2.24) is 14.5 Å². The zero-order chi connectivity index (χ0) is 22.0. The number of aromatic nitrogens is 2. The number of benzene rings is 2. The number of sulfonamides is 1. The van der Waals surface area contributed by atoms with E-state index in [-0.39, 0.29) is 10.9 Å². The molecule has 1 saturated heterocycles. The number of carbonyl (C=O) groups excluding carboxylic acids is 1. The van der Waals surface area contributed by atoms with Gasteiger partial charge in [-0.3, -0.25) is 4.79 Å². The molecule has 1 fully saturated rings. The summed E-state index contributed by atoms with van der Waals surface area (Å²) in [6, 6.07) is 12.4. The molecule has 1 aliphatic heterocycles. The van der Waals surface area contributed by atoms with E-state index in [1.807, 2.05) is 6.07 Å². The first kappa shape index (κ1) is 21.5. The second kappa shape index (κ2) is 8.81. The average molecular weight is 461 g/mol. The molecule has 1 atom stereocenters. The predicted octanol–water partition coefficient (Wildman–Crippen LogP) is 3.81. The minimum atomic E-state index is -3.61. The van der Waals surface area contributed by atoms with Crippen LogP contribution in [0.15, 0.2) is 53.4 Å². The van der Waals surface area contributed by atoms with Gasteiger partial charge >= 0.3 is 0 Å². The second-order valence-electron chi connectivity index (χ2n) is 7.37. The van der Waals surface area contributed by atoms with Crippen molar-refractivity contribution in [3.63, 3.8) is 0 Å². The lowest BCUT2D eigenvalue weighted by Crippen LogP contribution is -2.39. The number of anilines is 1. The number of hydrogen-bond donors (Lipinski definition) is 1. The van der Waals surface area contributed by atoms with Crippen molar-refractivity contribution in [2.45, 2.75) is 30.6 Å². The summed E-state index contributed by atoms with van der Waals surface area (Å²) in [6.45, 7) is 2.53. The van der Waals surface area contributed by atoms with Gasteiger partial charge in [0, 0.05) is 24.7 Å². The number of nitrogens with zero attached hydrogens (tertiary/aromatic N) is 3. The van der Waals surface area contributed by atoms with E-state index < -0.39 is 21.7 Å². The van der Waals surface area contributed by atoms with Gasteiger partial charge in [-0.2, -0.15) is 4.31 Å². The molecule has 7 nitrogen and oxygen atoms in total. The van der Waals surface area contributed by atoms with Crippen molar-refractivity contribution >= 4 is 33.0 Å². The Hall–Kier alpha value is -2.69. The van der Waals surface area contributed by atoms with E-state index in [0.29, 0.717) is 40.7 Å². The van der Waals surface area contributed by atoms with Gasteiger partial charge in [0.25, 0.3) is 5.91 Å². The largest absolute Gasteiger partial charge is 0.320 e. The first-order valence-electron chi connectivity index (χ1n) is 9.80. The van der Waals surface area contributed by atoms with Gasteiger partial charge in [-0.15, -0.1) is 10.2 Å². The molecule has 4 rings (SSSR count). The smallest absolute Gasteiger partial charge is 0.286 e. The van der Waals surface area contributed by atoms with E-state index in [2.05, 4.69) is 15.5 Å². The monoisotopic (exact) mass is 460 g/mol. The summed E-state index contributed by atoms with van der Waals surface area (Å²) in [4.78, 5) is 12.8. The maximum absolute atomic E-state index is 13.1. The number of aryl methyl sites for hydroxylation is 1. The molecule has 31 heavy (non-hydrogen) atoms. The van der Waals surface area contributed by atoms with E-state index >= 15 is 0 Å². The van der Waals surface area contributed by atoms with Gasteiger partial charge in [0.15, 0.2) is 0 Å². The normalized spacial score (nSPS) is 17.4. The molecule has 0 saturated carbocycles. The fraction of sp³-hybridized carbons (Fsp3) is 0.286. The van der Waals surface area contributed by atoms with E-state index in [1.165, 1.54) is 28.6 Å². The predicted molar refractivity (Wildman–Crippen MR) is 116 cm³/mol. The minimum absolute atomic E-state index is 0.127. The Labute approximate surface area is 184 Å². The molecule has 2 heterocycles. The number of rotatable bonds is 5. The summed E-state index contributed by atoms with van der Waals surface area (Å²) < 4.78 is 40.8. The highest BCUT2D eigenvalue weighted by Crippen LogP contribution is 2.32. The number of halogens is 1. The van der Waals surface area contributed by atoms with E-state index in [1.54, 1.807) is 25.1 Å². The lowest BCUT2D eigenvalue weighted by atomic mass is 10.0. The molecule has 0 unspecified atom stereocenters. The molecule has 0 bridgehead atoms. The molecule has 1 aliphatic rings. The summed E-state index contributed by atoms with van der Waals surface area (Å²) in [5.41, 5.74) is 1.16. The topological polar surface area (TPSA) is 92.3 Å². The Morgan fingerprint density at radius 1 is 1.16 bits per heavy atom. The van der Waals surface area contributed by atoms with E-state index in [9.17, 15) is 17.6 Å². The summed E-state index contributed by atoms with van der Waals surface area (Å²) in [5.74, 6) is -0.952. The van der Waals surface area contributed by atoms with Crippen molar-refractivity contribution in [2.75, 3.05) is 18.4 Å². The molecule has 162 valence electrons. The van der Waals surface area contributed by atoms with Crippen LogP contribution in [0.1, 0.15) is 39.1 Å². The summed E-state index contributed by atoms with van der Waals surface area (Å²) in [5, 5.41) is 11.6. The maximum Gasteiger partial charge on any atom is 0.286 e. The van der Waals surface area contributed by atoms with Crippen LogP contribution in [0.25, 0.3) is 0 Å². The Bertz CT molecular complexity index is 1200. The molecule has 1 aromatic heterocycles. The van der Waals surface area contributed by atoms with Gasteiger partial charge in [0.2, 0.25) is 15.0 Å². The minimum Gasteiger partial charge on any atom is -0.320 e. The number of piperidine rings is 1. The van der Waals surface area contributed by atoms with Gasteiger partial charge in [-0.05, 0) is 55.7 Å². The van der Waals surface area contributed by atoms with Crippen LogP contribution in [0.5, 0.6) is 0 Å². The number of hydrogen-bond acceptors (Lipinski definition) is 6. The quantitative estimate of drug-likeness (QED) is 0.625. The third-order valence-corrected chi connectivity index (χ3v) is 8.29. The van der Waals surface area contributed by atoms with Crippen molar-refractivity contribution < 1.29 is 17.6 Å². The van der Waals surface area contributed by atoms with Gasteiger partial charge in [0.1, 0.15) is 10.8 Å². The highest BCUT2D eigenvalue weighted by Gasteiger charge is 2.33. The van der Waals surface area contributed by atoms with Gasteiger partial charge < -0.3 is 5.32 Å². The van der Waals surface area contributed by atoms with Gasteiger partial charge in [0.05, 0.1) is 4.90 Å². The van der Waals surface area contributed by atoms with Crippen LogP contribution >= 0.6 is 11.3 Å². The van der Waals surface area contributed by atoms with Crippen LogP contribution in [-0.2, 0) is 10.0 Å². The Balaban J connectivity index is 1.48. The molecule has 10 heteroatoms. The fourth-order valence-corrected chi connectivity index (χ4v) is 6.17. The average Bonchev–Trinajstić information content (AvgIpc) is 3.26. The number of carbonyl (C=O) groups is 1. The Kier molecular flexibility index (Phi) is 6.12. The fourth-order valence-electron chi connectivity index (χ4n) is 3.56. The molecule has 3 aromatic rings. The molecule has 2 aromatic carbocycles. The SMILES string of the molecule is Cc1ccccc1S(=O)(=O)N1CCC[C@H](c2nnc(C(=O)Nc3ccc(F)cc3)s2)C1. The van der Waals surface area contributed by atoms with E-state index in [4.69, 9.17) is 0 Å². The Morgan fingerprint density at radius 3 is 2.65 bits per heavy atom. The van der Waals surface area contributed by atoms with Crippen LogP contribution in [-0.4, -0.2) is 41.9 Å². The van der Waals surface area contributed by atoms with E-state index in [0.717, 1.165) is 17.8 Å². The summed E-state index contributed by atoms with van der Waals surface area (Å²) in [7, 11) is -3.61. The molecule has 1 amide bonds. The van der Waals surface area contributed by atoms with Crippen molar-refractivity contribution in [3.05, 3.63) is 69.9 Å². The molecule has 1 N–H and O–H groups in total. The zero-order valence-electron chi connectivity index (χ0n) is 16.8. The first-order valence-corrected chi connectivity index (χ1v) is 12.1. The summed E-state index contributed by atoms with van der Waals surface area (Å²) in [6.07, 6.45) is 1.47. The lowest BCUT2D eigenvalue weighted by Gasteiger charge is -2.31. The molecular weight excluding hydrogens is 439 g/mol. The highest BCUT2D eigenvalue weighted by molar-refractivity contribution is 7.89. The highest BCUT2D eigenvalue weighted by atomic mass is 32.2. The summed E-state index contributed by atoms with van der Waals surface area (Å²) >= 11 is 1.15. The molecule has 0 spiro atoms. The molecule has 0 radical (unpaired) electrons. The maximum atomic E-state index is 13.1. The van der Waals surface area contributed by atoms with Crippen molar-refractivity contribution in [2.24, 2.45) is 0 Å². The molecular formula is C21H21FN4O3S2. The van der Waals surface area contributed by atoms with Crippen LogP contribution in [0, 0.1) is 12.7 Å². The standard InChI is InChI=1S/C21H21FN4O3S2/c1-14-5-2-3-7-18(14)31(28,29)26-12-4-6-15(13-26)20-24-25-21(30-20)19(27)23-17-10-8-16(22)9-11-17/h2-3,5,7-11,15H,4,6,12-13H2,1H3,(H,23,27)/t15-/m0/s1. The number of amides is 1. The third-order valence-electron chi connectivity index (χ3n) is 5.18. The van der Waals surface area contributed by atoms with Crippen molar-refractivity contribution in [3.8, 4) is 0 Å². The first-order chi connectivity index (χ1) is 14.8. The molecule has 0 aliphatic carbocycles. The second-order valence-corrected chi connectivity index (χ2v) is 10.3. The van der Waals surface area contributed by atoms with Gasteiger partial charge in [-0.25, -0.2) is 12.8 Å².